The van der Waals surface area contributed by atoms with E-state index in [2.05, 4.69) is 21.2 Å². The molecule has 0 amide bonds. The molecule has 1 heterocycles. The Balaban J connectivity index is 2.19. The number of nitro groups is 1. The molecule has 7 heteroatoms. The summed E-state index contributed by atoms with van der Waals surface area (Å²) < 4.78 is 13.9. The first-order valence-electron chi connectivity index (χ1n) is 4.96. The lowest BCUT2D eigenvalue weighted by atomic mass is 10.2. The fourth-order valence-corrected chi connectivity index (χ4v) is 2.87. The molecule has 0 saturated carbocycles. The maximum absolute atomic E-state index is 12.9. The average Bonchev–Trinajstić information content (AvgIpc) is 2.73. The van der Waals surface area contributed by atoms with Gasteiger partial charge in [-0.15, -0.1) is 0 Å². The van der Waals surface area contributed by atoms with Crippen molar-refractivity contribution in [2.24, 2.45) is 0 Å². The fourth-order valence-electron chi connectivity index (χ4n) is 1.43. The van der Waals surface area contributed by atoms with Crippen LogP contribution in [-0.2, 0) is 6.54 Å². The quantitative estimate of drug-likeness (QED) is 0.676. The van der Waals surface area contributed by atoms with Crippen molar-refractivity contribution in [3.05, 3.63) is 54.9 Å². The molecule has 0 saturated heterocycles. The van der Waals surface area contributed by atoms with Crippen molar-refractivity contribution in [3.8, 4) is 0 Å². The van der Waals surface area contributed by atoms with Crippen molar-refractivity contribution < 1.29 is 9.31 Å². The molecule has 94 valence electrons. The summed E-state index contributed by atoms with van der Waals surface area (Å²) >= 11 is 4.91. The van der Waals surface area contributed by atoms with Gasteiger partial charge in [0.15, 0.2) is 0 Å². The maximum atomic E-state index is 12.9. The van der Waals surface area contributed by atoms with Gasteiger partial charge in [0.2, 0.25) is 0 Å². The number of halogens is 2. The summed E-state index contributed by atoms with van der Waals surface area (Å²) in [6.45, 7) is 0.441. The summed E-state index contributed by atoms with van der Waals surface area (Å²) in [5.74, 6) is -0.621. The van der Waals surface area contributed by atoms with Crippen molar-refractivity contribution in [2.45, 2.75) is 6.54 Å². The summed E-state index contributed by atoms with van der Waals surface area (Å²) in [4.78, 5) is 10.2. The van der Waals surface area contributed by atoms with E-state index in [0.717, 1.165) is 16.1 Å². The van der Waals surface area contributed by atoms with E-state index < -0.39 is 10.7 Å². The van der Waals surface area contributed by atoms with Gasteiger partial charge in [-0.3, -0.25) is 10.1 Å². The van der Waals surface area contributed by atoms with Gasteiger partial charge in [0.05, 0.1) is 11.0 Å². The number of thiophene rings is 1. The Hall–Kier alpha value is -1.47. The van der Waals surface area contributed by atoms with E-state index in [-0.39, 0.29) is 5.69 Å². The van der Waals surface area contributed by atoms with Crippen molar-refractivity contribution >= 4 is 38.6 Å². The number of nitrogens with zero attached hydrogens (tertiary/aromatic N) is 1. The van der Waals surface area contributed by atoms with E-state index in [1.807, 2.05) is 10.8 Å². The number of benzene rings is 1. The van der Waals surface area contributed by atoms with Crippen LogP contribution < -0.4 is 5.32 Å². The van der Waals surface area contributed by atoms with Crippen LogP contribution in [0.25, 0.3) is 0 Å². The highest BCUT2D eigenvalue weighted by Gasteiger charge is 2.14. The summed E-state index contributed by atoms with van der Waals surface area (Å²) in [6.07, 6.45) is 0. The zero-order valence-corrected chi connectivity index (χ0v) is 11.4. The minimum atomic E-state index is -0.621. The van der Waals surface area contributed by atoms with Crippen LogP contribution in [0.5, 0.6) is 0 Å². The summed E-state index contributed by atoms with van der Waals surface area (Å²) in [7, 11) is 0. The third-order valence-electron chi connectivity index (χ3n) is 2.31. The highest BCUT2D eigenvalue weighted by Crippen LogP contribution is 2.27. The molecule has 0 spiro atoms. The smallest absolute Gasteiger partial charge is 0.295 e. The van der Waals surface area contributed by atoms with Crippen LogP contribution in [0.1, 0.15) is 5.56 Å². The molecule has 0 bridgehead atoms. The third-order valence-corrected chi connectivity index (χ3v) is 4.15. The van der Waals surface area contributed by atoms with Crippen molar-refractivity contribution in [1.82, 2.24) is 0 Å². The number of nitro benzene ring substituents is 1. The Labute approximate surface area is 115 Å². The minimum absolute atomic E-state index is 0.263. The van der Waals surface area contributed by atoms with E-state index in [1.54, 1.807) is 0 Å². The Morgan fingerprint density at radius 3 is 2.83 bits per heavy atom. The van der Waals surface area contributed by atoms with Crippen LogP contribution >= 0.6 is 27.3 Å². The zero-order chi connectivity index (χ0) is 13.1. The van der Waals surface area contributed by atoms with Gasteiger partial charge in [0.1, 0.15) is 11.5 Å². The van der Waals surface area contributed by atoms with Gasteiger partial charge in [-0.05, 0) is 39.0 Å². The first kappa shape index (κ1) is 13.0. The van der Waals surface area contributed by atoms with Gasteiger partial charge in [0.25, 0.3) is 5.69 Å². The lowest BCUT2D eigenvalue weighted by Gasteiger charge is -2.06. The van der Waals surface area contributed by atoms with Crippen LogP contribution in [0.3, 0.4) is 0 Å². The van der Waals surface area contributed by atoms with Crippen LogP contribution in [0.4, 0.5) is 15.8 Å². The first-order valence-corrected chi connectivity index (χ1v) is 6.70. The van der Waals surface area contributed by atoms with Crippen molar-refractivity contribution in [1.29, 1.82) is 0 Å². The first-order chi connectivity index (χ1) is 8.58. The second kappa shape index (κ2) is 5.45. The third kappa shape index (κ3) is 2.85. The lowest BCUT2D eigenvalue weighted by molar-refractivity contribution is -0.384. The van der Waals surface area contributed by atoms with E-state index in [9.17, 15) is 14.5 Å². The molecule has 1 aromatic heterocycles. The molecule has 0 aliphatic rings. The van der Waals surface area contributed by atoms with Crippen molar-refractivity contribution in [3.63, 3.8) is 0 Å². The molecule has 0 radical (unpaired) electrons. The second-order valence-corrected chi connectivity index (χ2v) is 5.12. The van der Waals surface area contributed by atoms with Gasteiger partial charge < -0.3 is 5.32 Å². The molecule has 0 aliphatic heterocycles. The average molecular weight is 331 g/mol. The molecular formula is C11H8BrFN2O2S. The molecule has 1 N–H and O–H groups in total. The molecule has 2 rings (SSSR count). The van der Waals surface area contributed by atoms with E-state index in [1.165, 1.54) is 23.5 Å². The molecule has 2 aromatic rings. The Morgan fingerprint density at radius 1 is 1.44 bits per heavy atom. The molecular weight excluding hydrogens is 323 g/mol. The summed E-state index contributed by atoms with van der Waals surface area (Å²) in [5.41, 5.74) is 1.04. The Bertz CT molecular complexity index is 588. The molecule has 0 atom stereocenters. The molecule has 0 fully saturated rings. The number of hydrogen-bond donors (Lipinski definition) is 1. The summed E-state index contributed by atoms with van der Waals surface area (Å²) in [5, 5.41) is 17.6. The molecule has 0 aliphatic carbocycles. The van der Waals surface area contributed by atoms with E-state index in [4.69, 9.17) is 0 Å². The highest BCUT2D eigenvalue weighted by atomic mass is 79.9. The molecule has 1 aromatic carbocycles. The normalized spacial score (nSPS) is 10.3. The van der Waals surface area contributed by atoms with Crippen LogP contribution in [-0.4, -0.2) is 4.92 Å². The largest absolute Gasteiger partial charge is 0.375 e. The van der Waals surface area contributed by atoms with E-state index >= 15 is 0 Å². The Morgan fingerprint density at radius 2 is 2.22 bits per heavy atom. The number of hydrogen-bond acceptors (Lipinski definition) is 4. The van der Waals surface area contributed by atoms with Crippen LogP contribution in [0.2, 0.25) is 0 Å². The number of rotatable bonds is 4. The van der Waals surface area contributed by atoms with Gasteiger partial charge >= 0.3 is 0 Å². The predicted molar refractivity (Wildman–Crippen MR) is 72.4 cm³/mol. The highest BCUT2D eigenvalue weighted by molar-refractivity contribution is 9.10. The van der Waals surface area contributed by atoms with Gasteiger partial charge in [0, 0.05) is 16.4 Å². The van der Waals surface area contributed by atoms with Gasteiger partial charge in [-0.1, -0.05) is 0 Å². The SMILES string of the molecule is O=[N+]([O-])c1cc(F)ccc1NCc1cscc1Br. The molecule has 18 heavy (non-hydrogen) atoms. The second-order valence-electron chi connectivity index (χ2n) is 3.52. The molecule has 4 nitrogen and oxygen atoms in total. The number of anilines is 1. The van der Waals surface area contributed by atoms with Crippen LogP contribution in [0.15, 0.2) is 33.4 Å². The lowest BCUT2D eigenvalue weighted by Crippen LogP contribution is -2.02. The predicted octanol–water partition coefficient (Wildman–Crippen LogP) is 4.17. The molecule has 0 unspecified atom stereocenters. The van der Waals surface area contributed by atoms with Gasteiger partial charge in [-0.25, -0.2) is 4.39 Å². The minimum Gasteiger partial charge on any atom is -0.375 e. The number of nitrogens with one attached hydrogen (secondary N) is 1. The topological polar surface area (TPSA) is 55.2 Å². The monoisotopic (exact) mass is 330 g/mol. The standard InChI is InChI=1S/C11H8BrFN2O2S/c12-9-6-18-5-7(9)4-14-10-2-1-8(13)3-11(10)15(16)17/h1-3,5-6,14H,4H2. The van der Waals surface area contributed by atoms with Crippen LogP contribution in [0, 0.1) is 15.9 Å². The van der Waals surface area contributed by atoms with Crippen molar-refractivity contribution in [2.75, 3.05) is 5.32 Å². The zero-order valence-electron chi connectivity index (χ0n) is 9.02. The Kier molecular flexibility index (Phi) is 3.93. The van der Waals surface area contributed by atoms with Gasteiger partial charge in [-0.2, -0.15) is 11.3 Å². The summed E-state index contributed by atoms with van der Waals surface area (Å²) in [6, 6.07) is 3.47. The maximum Gasteiger partial charge on any atom is 0.295 e. The fraction of sp³-hybridized carbons (Fsp3) is 0.0909. The van der Waals surface area contributed by atoms with E-state index in [0.29, 0.717) is 12.2 Å².